The van der Waals surface area contributed by atoms with Crippen LogP contribution in [0.1, 0.15) is 21.6 Å². The van der Waals surface area contributed by atoms with Gasteiger partial charge in [-0.15, -0.1) is 0 Å². The average molecular weight is 304 g/mol. The van der Waals surface area contributed by atoms with E-state index in [9.17, 15) is 4.79 Å². The number of nitrogens with one attached hydrogen (secondary N) is 1. The molecule has 0 fully saturated rings. The molecule has 0 aliphatic rings. The maximum atomic E-state index is 12.0. The number of hydrogen-bond donors (Lipinski definition) is 1. The topological polar surface area (TPSA) is 45.2 Å². The number of carbonyl (C=O) groups excluding carboxylic acids is 1. The third-order valence-electron chi connectivity index (χ3n) is 3.05. The molecule has 2 aromatic rings. The first-order valence-electron chi connectivity index (χ1n) is 6.64. The average Bonchev–Trinajstić information content (AvgIpc) is 2.47. The van der Waals surface area contributed by atoms with Gasteiger partial charge >= 0.3 is 0 Å². The lowest BCUT2D eigenvalue weighted by atomic mass is 10.1. The number of nitrogens with zero attached hydrogens (tertiary/aromatic N) is 2. The quantitative estimate of drug-likeness (QED) is 0.942. The first-order chi connectivity index (χ1) is 9.97. The molecule has 1 amide bonds. The van der Waals surface area contributed by atoms with E-state index in [0.29, 0.717) is 17.1 Å². The number of hydrogen-bond acceptors (Lipinski definition) is 3. The van der Waals surface area contributed by atoms with Crippen molar-refractivity contribution >= 4 is 23.2 Å². The van der Waals surface area contributed by atoms with Crippen molar-refractivity contribution in [2.75, 3.05) is 19.4 Å². The molecule has 4 nitrogen and oxygen atoms in total. The monoisotopic (exact) mass is 303 g/mol. The van der Waals surface area contributed by atoms with Gasteiger partial charge < -0.3 is 10.2 Å². The van der Waals surface area contributed by atoms with Gasteiger partial charge in [0.2, 0.25) is 0 Å². The highest BCUT2D eigenvalue weighted by atomic mass is 35.5. The predicted octanol–water partition coefficient (Wildman–Crippen LogP) is 3.36. The summed E-state index contributed by atoms with van der Waals surface area (Å²) in [5.74, 6) is -0.114. The van der Waals surface area contributed by atoms with Crippen LogP contribution in [0.2, 0.25) is 5.02 Å². The molecule has 21 heavy (non-hydrogen) atoms. The number of rotatable bonds is 4. The summed E-state index contributed by atoms with van der Waals surface area (Å²) in [4.78, 5) is 17.9. The SMILES string of the molecule is Cc1ccc(CNc2ccc(Cl)c(C(=O)N(C)C)c2)nc1. The molecular formula is C16H18ClN3O. The smallest absolute Gasteiger partial charge is 0.254 e. The maximum Gasteiger partial charge on any atom is 0.254 e. The Kier molecular flexibility index (Phi) is 4.81. The van der Waals surface area contributed by atoms with E-state index >= 15 is 0 Å². The highest BCUT2D eigenvalue weighted by Gasteiger charge is 2.13. The Labute approximate surface area is 129 Å². The van der Waals surface area contributed by atoms with Gasteiger partial charge in [-0.3, -0.25) is 9.78 Å². The molecule has 0 bridgehead atoms. The molecule has 0 unspecified atom stereocenters. The molecular weight excluding hydrogens is 286 g/mol. The number of anilines is 1. The van der Waals surface area contributed by atoms with Crippen molar-refractivity contribution in [1.29, 1.82) is 0 Å². The van der Waals surface area contributed by atoms with Crippen LogP contribution in [0.15, 0.2) is 36.5 Å². The molecule has 1 heterocycles. The molecule has 0 aliphatic carbocycles. The summed E-state index contributed by atoms with van der Waals surface area (Å²) in [5, 5.41) is 3.70. The largest absolute Gasteiger partial charge is 0.379 e. The van der Waals surface area contributed by atoms with Gasteiger partial charge in [0.25, 0.3) is 5.91 Å². The van der Waals surface area contributed by atoms with Gasteiger partial charge in [0, 0.05) is 26.0 Å². The first kappa shape index (κ1) is 15.3. The minimum absolute atomic E-state index is 0.114. The van der Waals surface area contributed by atoms with Gasteiger partial charge in [0.1, 0.15) is 0 Å². The van der Waals surface area contributed by atoms with Crippen LogP contribution in [-0.4, -0.2) is 29.9 Å². The van der Waals surface area contributed by atoms with E-state index in [1.807, 2.05) is 31.3 Å². The van der Waals surface area contributed by atoms with Crippen molar-refractivity contribution < 1.29 is 4.79 Å². The summed E-state index contributed by atoms with van der Waals surface area (Å²) in [5.41, 5.74) is 3.40. The van der Waals surface area contributed by atoms with Crippen molar-refractivity contribution in [1.82, 2.24) is 9.88 Å². The second kappa shape index (κ2) is 6.59. The molecule has 2 rings (SSSR count). The Balaban J connectivity index is 2.12. The van der Waals surface area contributed by atoms with Crippen LogP contribution >= 0.6 is 11.6 Å². The van der Waals surface area contributed by atoms with E-state index < -0.39 is 0 Å². The normalized spacial score (nSPS) is 10.3. The predicted molar refractivity (Wildman–Crippen MR) is 85.8 cm³/mol. The third-order valence-corrected chi connectivity index (χ3v) is 3.38. The zero-order chi connectivity index (χ0) is 15.4. The molecule has 1 aromatic carbocycles. The molecule has 0 aliphatic heterocycles. The second-order valence-electron chi connectivity index (χ2n) is 5.07. The number of halogens is 1. The number of amides is 1. The van der Waals surface area contributed by atoms with Crippen LogP contribution in [0.5, 0.6) is 0 Å². The fourth-order valence-electron chi connectivity index (χ4n) is 1.84. The Bertz CT molecular complexity index is 638. The number of pyridine rings is 1. The lowest BCUT2D eigenvalue weighted by molar-refractivity contribution is 0.0828. The van der Waals surface area contributed by atoms with Gasteiger partial charge in [-0.1, -0.05) is 17.7 Å². The second-order valence-corrected chi connectivity index (χ2v) is 5.48. The van der Waals surface area contributed by atoms with Crippen LogP contribution in [0.4, 0.5) is 5.69 Å². The Morgan fingerprint density at radius 1 is 1.29 bits per heavy atom. The third kappa shape index (κ3) is 3.95. The number of benzene rings is 1. The van der Waals surface area contributed by atoms with Crippen LogP contribution in [0.3, 0.4) is 0 Å². The fraction of sp³-hybridized carbons (Fsp3) is 0.250. The Morgan fingerprint density at radius 3 is 2.67 bits per heavy atom. The number of aromatic nitrogens is 1. The van der Waals surface area contributed by atoms with E-state index in [1.54, 1.807) is 26.2 Å². The van der Waals surface area contributed by atoms with E-state index in [4.69, 9.17) is 11.6 Å². The highest BCUT2D eigenvalue weighted by molar-refractivity contribution is 6.34. The van der Waals surface area contributed by atoms with E-state index in [2.05, 4.69) is 10.3 Å². The molecule has 0 atom stereocenters. The number of carbonyl (C=O) groups is 1. The van der Waals surface area contributed by atoms with Gasteiger partial charge in [0.05, 0.1) is 22.8 Å². The van der Waals surface area contributed by atoms with Crippen molar-refractivity contribution in [2.24, 2.45) is 0 Å². The maximum absolute atomic E-state index is 12.0. The van der Waals surface area contributed by atoms with Gasteiger partial charge in [-0.2, -0.15) is 0 Å². The molecule has 0 saturated heterocycles. The van der Waals surface area contributed by atoms with Crippen molar-refractivity contribution in [2.45, 2.75) is 13.5 Å². The summed E-state index contributed by atoms with van der Waals surface area (Å²) in [6.07, 6.45) is 1.83. The van der Waals surface area contributed by atoms with Gasteiger partial charge in [0.15, 0.2) is 0 Å². The summed E-state index contributed by atoms with van der Waals surface area (Å²) < 4.78 is 0. The Hall–Kier alpha value is -2.07. The highest BCUT2D eigenvalue weighted by Crippen LogP contribution is 2.22. The van der Waals surface area contributed by atoms with Crippen LogP contribution in [-0.2, 0) is 6.54 Å². The van der Waals surface area contributed by atoms with E-state index in [0.717, 1.165) is 16.9 Å². The minimum atomic E-state index is -0.114. The molecule has 0 radical (unpaired) electrons. The molecule has 0 saturated carbocycles. The summed E-state index contributed by atoms with van der Waals surface area (Å²) in [7, 11) is 3.41. The molecule has 0 spiro atoms. The zero-order valence-electron chi connectivity index (χ0n) is 12.4. The molecule has 1 aromatic heterocycles. The standard InChI is InChI=1S/C16H18ClN3O/c1-11-4-5-13(18-9-11)10-19-12-6-7-15(17)14(8-12)16(21)20(2)3/h4-9,19H,10H2,1-3H3. The van der Waals surface area contributed by atoms with Gasteiger partial charge in [-0.05, 0) is 36.8 Å². The first-order valence-corrected chi connectivity index (χ1v) is 7.02. The van der Waals surface area contributed by atoms with Gasteiger partial charge in [-0.25, -0.2) is 0 Å². The fourth-order valence-corrected chi connectivity index (χ4v) is 2.03. The zero-order valence-corrected chi connectivity index (χ0v) is 13.1. The van der Waals surface area contributed by atoms with Crippen LogP contribution in [0, 0.1) is 6.92 Å². The van der Waals surface area contributed by atoms with Crippen LogP contribution < -0.4 is 5.32 Å². The van der Waals surface area contributed by atoms with Crippen LogP contribution in [0.25, 0.3) is 0 Å². The van der Waals surface area contributed by atoms with Crippen molar-refractivity contribution in [3.05, 3.63) is 58.4 Å². The van der Waals surface area contributed by atoms with E-state index in [-0.39, 0.29) is 5.91 Å². The lowest BCUT2D eigenvalue weighted by Gasteiger charge is -2.13. The lowest BCUT2D eigenvalue weighted by Crippen LogP contribution is -2.22. The van der Waals surface area contributed by atoms with Crippen molar-refractivity contribution in [3.8, 4) is 0 Å². The Morgan fingerprint density at radius 2 is 2.05 bits per heavy atom. The molecule has 5 heteroatoms. The van der Waals surface area contributed by atoms with Crippen molar-refractivity contribution in [3.63, 3.8) is 0 Å². The van der Waals surface area contributed by atoms with E-state index in [1.165, 1.54) is 4.90 Å². The summed E-state index contributed by atoms with van der Waals surface area (Å²) >= 11 is 6.08. The number of aryl methyl sites for hydroxylation is 1. The molecule has 110 valence electrons. The minimum Gasteiger partial charge on any atom is -0.379 e. The summed E-state index contributed by atoms with van der Waals surface area (Å²) in [6, 6.07) is 9.34. The summed E-state index contributed by atoms with van der Waals surface area (Å²) in [6.45, 7) is 2.60. The molecule has 1 N–H and O–H groups in total.